The van der Waals surface area contributed by atoms with Gasteiger partial charge in [0.2, 0.25) is 5.56 Å². The number of hydrogen-bond acceptors (Lipinski definition) is 4. The van der Waals surface area contributed by atoms with Crippen LogP contribution < -0.4 is 15.0 Å². The molecule has 6 heteroatoms. The molecule has 0 amide bonds. The van der Waals surface area contributed by atoms with E-state index in [4.69, 9.17) is 9.47 Å². The van der Waals surface area contributed by atoms with Crippen LogP contribution in [0.2, 0.25) is 0 Å². The summed E-state index contributed by atoms with van der Waals surface area (Å²) in [5.41, 5.74) is 3.67. The second kappa shape index (κ2) is 9.53. The van der Waals surface area contributed by atoms with Crippen molar-refractivity contribution in [1.82, 2.24) is 9.97 Å². The van der Waals surface area contributed by atoms with Gasteiger partial charge >= 0.3 is 0 Å². The SMILES string of the molecule is CCOc1ccc(Cc2cc[nH]c2C(O)CCOc2ccc3[nH]c(=O)ccc3c2)cc1. The fraction of sp³-hybridized carbons (Fsp3) is 0.240. The maximum atomic E-state index is 11.4. The fourth-order valence-electron chi connectivity index (χ4n) is 3.62. The number of rotatable bonds is 9. The van der Waals surface area contributed by atoms with Crippen LogP contribution >= 0.6 is 0 Å². The van der Waals surface area contributed by atoms with Gasteiger partial charge in [-0.3, -0.25) is 4.79 Å². The molecule has 0 aliphatic heterocycles. The molecule has 6 nitrogen and oxygen atoms in total. The molecule has 0 fully saturated rings. The zero-order valence-electron chi connectivity index (χ0n) is 17.4. The Bertz CT molecular complexity index is 1190. The number of aliphatic hydroxyl groups excluding tert-OH is 1. The summed E-state index contributed by atoms with van der Waals surface area (Å²) in [5, 5.41) is 11.6. The fourth-order valence-corrected chi connectivity index (χ4v) is 3.62. The molecule has 2 aromatic carbocycles. The van der Waals surface area contributed by atoms with Crippen molar-refractivity contribution in [3.8, 4) is 11.5 Å². The predicted molar refractivity (Wildman–Crippen MR) is 121 cm³/mol. The summed E-state index contributed by atoms with van der Waals surface area (Å²) in [7, 11) is 0. The van der Waals surface area contributed by atoms with Gasteiger partial charge in [-0.05, 0) is 66.9 Å². The van der Waals surface area contributed by atoms with Crippen molar-refractivity contribution in [2.24, 2.45) is 0 Å². The average molecular weight is 418 g/mol. The Morgan fingerprint density at radius 3 is 2.58 bits per heavy atom. The number of H-pyrrole nitrogens is 2. The maximum Gasteiger partial charge on any atom is 0.248 e. The topological polar surface area (TPSA) is 87.3 Å². The Kier molecular flexibility index (Phi) is 6.38. The highest BCUT2D eigenvalue weighted by molar-refractivity contribution is 5.79. The van der Waals surface area contributed by atoms with Crippen molar-refractivity contribution in [3.63, 3.8) is 0 Å². The molecule has 0 radical (unpaired) electrons. The van der Waals surface area contributed by atoms with Crippen LogP contribution in [0, 0.1) is 0 Å². The van der Waals surface area contributed by atoms with Crippen molar-refractivity contribution >= 4 is 10.9 Å². The molecule has 4 rings (SSSR count). The first-order valence-electron chi connectivity index (χ1n) is 10.4. The van der Waals surface area contributed by atoms with E-state index in [0.29, 0.717) is 25.4 Å². The number of aromatic amines is 2. The minimum Gasteiger partial charge on any atom is -0.494 e. The quantitative estimate of drug-likeness (QED) is 0.377. The van der Waals surface area contributed by atoms with E-state index in [0.717, 1.165) is 39.9 Å². The molecule has 2 heterocycles. The average Bonchev–Trinajstić information content (AvgIpc) is 3.23. The van der Waals surface area contributed by atoms with Crippen LogP contribution in [0.3, 0.4) is 0 Å². The smallest absolute Gasteiger partial charge is 0.248 e. The zero-order chi connectivity index (χ0) is 21.6. The standard InChI is InChI=1S/C25H26N2O4/c1-2-30-20-6-3-17(4-7-20)15-19-11-13-26-25(19)23(28)12-14-31-21-8-9-22-18(16-21)5-10-24(29)27-22/h3-11,13,16,23,26,28H,2,12,14-15H2,1H3,(H,27,29). The molecule has 3 N–H and O–H groups in total. The Morgan fingerprint density at radius 2 is 1.77 bits per heavy atom. The molecule has 0 saturated heterocycles. The first kappa shape index (κ1) is 20.8. The summed E-state index contributed by atoms with van der Waals surface area (Å²) < 4.78 is 11.3. The van der Waals surface area contributed by atoms with Gasteiger partial charge in [0.15, 0.2) is 0 Å². The van der Waals surface area contributed by atoms with E-state index in [1.54, 1.807) is 6.07 Å². The van der Waals surface area contributed by atoms with E-state index in [2.05, 4.69) is 9.97 Å². The highest BCUT2D eigenvalue weighted by Crippen LogP contribution is 2.24. The van der Waals surface area contributed by atoms with Gasteiger partial charge in [-0.2, -0.15) is 0 Å². The van der Waals surface area contributed by atoms with Gasteiger partial charge in [0.25, 0.3) is 0 Å². The molecular formula is C25H26N2O4. The van der Waals surface area contributed by atoms with Crippen LogP contribution in [0.4, 0.5) is 0 Å². The van der Waals surface area contributed by atoms with Gasteiger partial charge in [0, 0.05) is 35.3 Å². The molecule has 0 aliphatic rings. The van der Waals surface area contributed by atoms with Gasteiger partial charge < -0.3 is 24.5 Å². The van der Waals surface area contributed by atoms with Crippen molar-refractivity contribution in [3.05, 3.63) is 94.0 Å². The molecule has 160 valence electrons. The highest BCUT2D eigenvalue weighted by Gasteiger charge is 2.14. The number of nitrogens with one attached hydrogen (secondary N) is 2. The van der Waals surface area contributed by atoms with E-state index >= 15 is 0 Å². The van der Waals surface area contributed by atoms with E-state index in [-0.39, 0.29) is 5.56 Å². The zero-order valence-corrected chi connectivity index (χ0v) is 17.4. The molecular weight excluding hydrogens is 392 g/mol. The van der Waals surface area contributed by atoms with E-state index in [1.807, 2.05) is 61.7 Å². The summed E-state index contributed by atoms with van der Waals surface area (Å²) in [6, 6.07) is 18.8. The van der Waals surface area contributed by atoms with Crippen molar-refractivity contribution in [2.45, 2.75) is 25.9 Å². The van der Waals surface area contributed by atoms with Gasteiger partial charge in [-0.25, -0.2) is 0 Å². The molecule has 31 heavy (non-hydrogen) atoms. The normalized spacial score (nSPS) is 12.1. The molecule has 0 bridgehead atoms. The lowest BCUT2D eigenvalue weighted by Crippen LogP contribution is -2.08. The number of aromatic nitrogens is 2. The Hall–Kier alpha value is -3.51. The van der Waals surface area contributed by atoms with E-state index in [9.17, 15) is 9.90 Å². The third-order valence-corrected chi connectivity index (χ3v) is 5.19. The van der Waals surface area contributed by atoms with Gasteiger partial charge in [-0.1, -0.05) is 12.1 Å². The lowest BCUT2D eigenvalue weighted by Gasteiger charge is -2.13. The number of pyridine rings is 1. The third kappa shape index (κ3) is 5.16. The number of ether oxygens (including phenoxy) is 2. The van der Waals surface area contributed by atoms with Crippen LogP contribution in [-0.2, 0) is 6.42 Å². The van der Waals surface area contributed by atoms with E-state index < -0.39 is 6.10 Å². The van der Waals surface area contributed by atoms with Crippen LogP contribution in [0.5, 0.6) is 11.5 Å². The lowest BCUT2D eigenvalue weighted by atomic mass is 10.0. The maximum absolute atomic E-state index is 11.4. The Balaban J connectivity index is 1.35. The molecule has 0 spiro atoms. The summed E-state index contributed by atoms with van der Waals surface area (Å²) in [5.74, 6) is 1.56. The van der Waals surface area contributed by atoms with Crippen molar-refractivity contribution < 1.29 is 14.6 Å². The molecule has 1 atom stereocenters. The first-order chi connectivity index (χ1) is 15.1. The Morgan fingerprint density at radius 1 is 0.968 bits per heavy atom. The molecule has 4 aromatic rings. The van der Waals surface area contributed by atoms with Crippen LogP contribution in [0.25, 0.3) is 10.9 Å². The summed E-state index contributed by atoms with van der Waals surface area (Å²) in [6.45, 7) is 2.99. The van der Waals surface area contributed by atoms with Gasteiger partial charge in [0.1, 0.15) is 11.5 Å². The Labute approximate surface area is 180 Å². The monoisotopic (exact) mass is 418 g/mol. The molecule has 1 unspecified atom stereocenters. The minimum atomic E-state index is -0.649. The van der Waals surface area contributed by atoms with Crippen LogP contribution in [0.1, 0.15) is 36.3 Å². The predicted octanol–water partition coefficient (Wildman–Crippen LogP) is 4.35. The van der Waals surface area contributed by atoms with E-state index in [1.165, 1.54) is 6.07 Å². The summed E-state index contributed by atoms with van der Waals surface area (Å²) >= 11 is 0. The van der Waals surface area contributed by atoms with Gasteiger partial charge in [-0.15, -0.1) is 0 Å². The second-order valence-electron chi connectivity index (χ2n) is 7.39. The number of aliphatic hydroxyl groups is 1. The van der Waals surface area contributed by atoms with Crippen molar-refractivity contribution in [2.75, 3.05) is 13.2 Å². The molecule has 2 aromatic heterocycles. The summed E-state index contributed by atoms with van der Waals surface area (Å²) in [4.78, 5) is 17.3. The molecule has 0 aliphatic carbocycles. The molecule has 0 saturated carbocycles. The first-order valence-corrected chi connectivity index (χ1v) is 10.4. The lowest BCUT2D eigenvalue weighted by molar-refractivity contribution is 0.136. The second-order valence-corrected chi connectivity index (χ2v) is 7.39. The summed E-state index contributed by atoms with van der Waals surface area (Å²) in [6.07, 6.45) is 2.39. The van der Waals surface area contributed by atoms with Gasteiger partial charge in [0.05, 0.1) is 19.3 Å². The minimum absolute atomic E-state index is 0.128. The number of benzene rings is 2. The largest absolute Gasteiger partial charge is 0.494 e. The van der Waals surface area contributed by atoms with Crippen LogP contribution in [0.15, 0.2) is 71.7 Å². The van der Waals surface area contributed by atoms with Crippen LogP contribution in [-0.4, -0.2) is 28.3 Å². The van der Waals surface area contributed by atoms with Crippen molar-refractivity contribution in [1.29, 1.82) is 0 Å². The number of hydrogen-bond donors (Lipinski definition) is 3. The third-order valence-electron chi connectivity index (χ3n) is 5.19. The highest BCUT2D eigenvalue weighted by atomic mass is 16.5. The number of fused-ring (bicyclic) bond motifs is 1.